The first kappa shape index (κ1) is 14.7. The van der Waals surface area contributed by atoms with Crippen molar-refractivity contribution in [1.82, 2.24) is 4.98 Å². The summed E-state index contributed by atoms with van der Waals surface area (Å²) in [6, 6.07) is 14.1. The highest BCUT2D eigenvalue weighted by atomic mass is 16.5. The minimum absolute atomic E-state index is 0.108. The number of aryl methyl sites for hydroxylation is 1. The lowest BCUT2D eigenvalue weighted by atomic mass is 9.98. The zero-order chi connectivity index (χ0) is 14.4. The molecule has 0 saturated carbocycles. The minimum Gasteiger partial charge on any atom is -0.375 e. The molecule has 0 fully saturated rings. The molecule has 0 radical (unpaired) electrons. The number of nitrogens with zero attached hydrogens (tertiary/aromatic N) is 1. The molecule has 0 bridgehead atoms. The van der Waals surface area contributed by atoms with Gasteiger partial charge in [0.15, 0.2) is 0 Å². The highest BCUT2D eigenvalue weighted by Crippen LogP contribution is 2.21. The molecule has 0 saturated heterocycles. The Bertz CT molecular complexity index is 510. The van der Waals surface area contributed by atoms with Crippen molar-refractivity contribution < 1.29 is 4.74 Å². The number of pyridine rings is 1. The summed E-state index contributed by atoms with van der Waals surface area (Å²) in [6.07, 6.45) is 3.53. The SMILES string of the molecule is CCc1ccc(CC(N)C(OC)c2ccccc2)nc1. The van der Waals surface area contributed by atoms with Gasteiger partial charge in [0.2, 0.25) is 0 Å². The molecule has 0 spiro atoms. The Morgan fingerprint density at radius 1 is 1.15 bits per heavy atom. The zero-order valence-electron chi connectivity index (χ0n) is 12.1. The highest BCUT2D eigenvalue weighted by Gasteiger charge is 2.19. The quantitative estimate of drug-likeness (QED) is 0.878. The first-order valence-electron chi connectivity index (χ1n) is 7.01. The van der Waals surface area contributed by atoms with Crippen LogP contribution in [0, 0.1) is 0 Å². The average molecular weight is 270 g/mol. The van der Waals surface area contributed by atoms with E-state index in [1.807, 2.05) is 36.5 Å². The van der Waals surface area contributed by atoms with Crippen LogP contribution < -0.4 is 5.73 Å². The van der Waals surface area contributed by atoms with Gasteiger partial charge in [-0.3, -0.25) is 4.98 Å². The van der Waals surface area contributed by atoms with Crippen molar-refractivity contribution in [2.45, 2.75) is 31.9 Å². The van der Waals surface area contributed by atoms with Crippen LogP contribution in [0.5, 0.6) is 0 Å². The van der Waals surface area contributed by atoms with Gasteiger partial charge in [-0.2, -0.15) is 0 Å². The Hall–Kier alpha value is -1.71. The molecule has 2 atom stereocenters. The van der Waals surface area contributed by atoms with Gasteiger partial charge in [0.05, 0.1) is 6.10 Å². The number of hydrogen-bond donors (Lipinski definition) is 1. The summed E-state index contributed by atoms with van der Waals surface area (Å²) < 4.78 is 5.56. The van der Waals surface area contributed by atoms with Gasteiger partial charge in [-0.25, -0.2) is 0 Å². The third-order valence-corrected chi connectivity index (χ3v) is 3.51. The number of hydrogen-bond acceptors (Lipinski definition) is 3. The van der Waals surface area contributed by atoms with Crippen LogP contribution in [-0.2, 0) is 17.6 Å². The second-order valence-electron chi connectivity index (χ2n) is 4.95. The fourth-order valence-corrected chi connectivity index (χ4v) is 2.33. The molecule has 3 heteroatoms. The van der Waals surface area contributed by atoms with Crippen LogP contribution in [0.3, 0.4) is 0 Å². The Labute approximate surface area is 120 Å². The van der Waals surface area contributed by atoms with Crippen LogP contribution in [0.2, 0.25) is 0 Å². The van der Waals surface area contributed by atoms with Gasteiger partial charge >= 0.3 is 0 Å². The van der Waals surface area contributed by atoms with Crippen molar-refractivity contribution in [2.24, 2.45) is 5.73 Å². The maximum Gasteiger partial charge on any atom is 0.0975 e. The topological polar surface area (TPSA) is 48.1 Å². The van der Waals surface area contributed by atoms with Crippen molar-refractivity contribution >= 4 is 0 Å². The summed E-state index contributed by atoms with van der Waals surface area (Å²) in [5.41, 5.74) is 9.65. The molecule has 0 aliphatic heterocycles. The Morgan fingerprint density at radius 3 is 2.45 bits per heavy atom. The van der Waals surface area contributed by atoms with Gasteiger partial charge in [0, 0.05) is 31.5 Å². The van der Waals surface area contributed by atoms with Crippen molar-refractivity contribution in [3.63, 3.8) is 0 Å². The lowest BCUT2D eigenvalue weighted by Crippen LogP contribution is -2.32. The van der Waals surface area contributed by atoms with E-state index in [0.717, 1.165) is 17.7 Å². The van der Waals surface area contributed by atoms with E-state index < -0.39 is 0 Å². The molecule has 1 aromatic carbocycles. The van der Waals surface area contributed by atoms with E-state index in [-0.39, 0.29) is 12.1 Å². The van der Waals surface area contributed by atoms with E-state index in [1.54, 1.807) is 7.11 Å². The average Bonchev–Trinajstić information content (AvgIpc) is 2.50. The van der Waals surface area contributed by atoms with Crippen molar-refractivity contribution in [3.05, 3.63) is 65.5 Å². The van der Waals surface area contributed by atoms with Crippen molar-refractivity contribution in [3.8, 4) is 0 Å². The first-order chi connectivity index (χ1) is 9.74. The molecule has 0 aliphatic carbocycles. The molecule has 0 aliphatic rings. The number of aromatic nitrogens is 1. The fourth-order valence-electron chi connectivity index (χ4n) is 2.33. The summed E-state index contributed by atoms with van der Waals surface area (Å²) in [5, 5.41) is 0. The molecule has 1 aromatic heterocycles. The largest absolute Gasteiger partial charge is 0.375 e. The third kappa shape index (κ3) is 3.65. The number of nitrogens with two attached hydrogens (primary N) is 1. The van der Waals surface area contributed by atoms with Crippen molar-refractivity contribution in [1.29, 1.82) is 0 Å². The van der Waals surface area contributed by atoms with Crippen LogP contribution >= 0.6 is 0 Å². The van der Waals surface area contributed by atoms with Crippen LogP contribution in [0.15, 0.2) is 48.7 Å². The Kier molecular flexibility index (Phi) is 5.27. The second kappa shape index (κ2) is 7.17. The van der Waals surface area contributed by atoms with Gasteiger partial charge < -0.3 is 10.5 Å². The normalized spacial score (nSPS) is 13.9. The number of methoxy groups -OCH3 is 1. The van der Waals surface area contributed by atoms with E-state index in [0.29, 0.717) is 6.42 Å². The Morgan fingerprint density at radius 2 is 1.90 bits per heavy atom. The third-order valence-electron chi connectivity index (χ3n) is 3.51. The van der Waals surface area contributed by atoms with Crippen LogP contribution in [0.4, 0.5) is 0 Å². The smallest absolute Gasteiger partial charge is 0.0975 e. The maximum atomic E-state index is 6.30. The first-order valence-corrected chi connectivity index (χ1v) is 7.01. The lowest BCUT2D eigenvalue weighted by Gasteiger charge is -2.22. The van der Waals surface area contributed by atoms with Crippen molar-refractivity contribution in [2.75, 3.05) is 7.11 Å². The number of rotatable bonds is 6. The molecule has 2 aromatic rings. The van der Waals surface area contributed by atoms with E-state index in [1.165, 1.54) is 5.56 Å². The minimum atomic E-state index is -0.109. The monoisotopic (exact) mass is 270 g/mol. The molecule has 2 rings (SSSR count). The standard InChI is InChI=1S/C17H22N2O/c1-3-13-9-10-15(19-12-13)11-16(18)17(20-2)14-7-5-4-6-8-14/h4-10,12,16-17H,3,11,18H2,1-2H3. The van der Waals surface area contributed by atoms with E-state index >= 15 is 0 Å². The van der Waals surface area contributed by atoms with Gasteiger partial charge in [-0.05, 0) is 23.6 Å². The van der Waals surface area contributed by atoms with E-state index in [2.05, 4.69) is 24.0 Å². The highest BCUT2D eigenvalue weighted by molar-refractivity contribution is 5.21. The molecule has 106 valence electrons. The molecule has 2 N–H and O–H groups in total. The van der Waals surface area contributed by atoms with Gasteiger partial charge in [0.1, 0.15) is 0 Å². The predicted molar refractivity (Wildman–Crippen MR) is 81.5 cm³/mol. The van der Waals surface area contributed by atoms with Crippen LogP contribution in [0.25, 0.3) is 0 Å². The molecular formula is C17H22N2O. The zero-order valence-corrected chi connectivity index (χ0v) is 12.1. The summed E-state index contributed by atoms with van der Waals surface area (Å²) in [5.74, 6) is 0. The summed E-state index contributed by atoms with van der Waals surface area (Å²) in [6.45, 7) is 2.12. The summed E-state index contributed by atoms with van der Waals surface area (Å²) >= 11 is 0. The van der Waals surface area contributed by atoms with Gasteiger partial charge in [-0.15, -0.1) is 0 Å². The predicted octanol–water partition coefficient (Wildman–Crippen LogP) is 2.90. The second-order valence-corrected chi connectivity index (χ2v) is 4.95. The van der Waals surface area contributed by atoms with Crippen LogP contribution in [-0.4, -0.2) is 18.1 Å². The van der Waals surface area contributed by atoms with Gasteiger partial charge in [-0.1, -0.05) is 43.3 Å². The number of ether oxygens (including phenoxy) is 1. The fraction of sp³-hybridized carbons (Fsp3) is 0.353. The molecule has 1 heterocycles. The van der Waals surface area contributed by atoms with E-state index in [4.69, 9.17) is 10.5 Å². The van der Waals surface area contributed by atoms with Gasteiger partial charge in [0.25, 0.3) is 0 Å². The van der Waals surface area contributed by atoms with E-state index in [9.17, 15) is 0 Å². The molecular weight excluding hydrogens is 248 g/mol. The Balaban J connectivity index is 2.07. The molecule has 0 amide bonds. The summed E-state index contributed by atoms with van der Waals surface area (Å²) in [4.78, 5) is 4.46. The molecule has 2 unspecified atom stereocenters. The molecule has 20 heavy (non-hydrogen) atoms. The molecule has 3 nitrogen and oxygen atoms in total. The number of benzene rings is 1. The maximum absolute atomic E-state index is 6.30. The summed E-state index contributed by atoms with van der Waals surface area (Å²) in [7, 11) is 1.70. The lowest BCUT2D eigenvalue weighted by molar-refractivity contribution is 0.0800. The van der Waals surface area contributed by atoms with Crippen LogP contribution in [0.1, 0.15) is 29.8 Å².